The molecular formula is C16H16FN3S. The number of aromatic nitrogens is 2. The fraction of sp³-hybridized carbons (Fsp3) is 0.250. The largest absolute Gasteiger partial charge is 0.372 e. The van der Waals surface area contributed by atoms with Gasteiger partial charge in [-0.2, -0.15) is 0 Å². The van der Waals surface area contributed by atoms with Gasteiger partial charge in [-0.25, -0.2) is 14.4 Å². The van der Waals surface area contributed by atoms with Gasteiger partial charge in [-0.05, 0) is 44.0 Å². The highest BCUT2D eigenvalue weighted by Gasteiger charge is 2.16. The summed E-state index contributed by atoms with van der Waals surface area (Å²) >= 11 is 1.61. The Kier molecular flexibility index (Phi) is 3.37. The van der Waals surface area contributed by atoms with Crippen molar-refractivity contribution in [2.75, 3.05) is 12.4 Å². The summed E-state index contributed by atoms with van der Waals surface area (Å²) in [7, 11) is 1.82. The van der Waals surface area contributed by atoms with E-state index in [1.807, 2.05) is 20.0 Å². The predicted octanol–water partition coefficient (Wildman–Crippen LogP) is 4.46. The maximum Gasteiger partial charge on any atom is 0.166 e. The molecule has 2 aromatic heterocycles. The molecular weight excluding hydrogens is 285 g/mol. The van der Waals surface area contributed by atoms with Crippen molar-refractivity contribution in [2.45, 2.75) is 20.8 Å². The molecule has 0 unspecified atom stereocenters. The van der Waals surface area contributed by atoms with Gasteiger partial charge in [-0.15, -0.1) is 11.3 Å². The standard InChI is InChI=1S/C16H16FN3S/c1-8-5-6-11(12(17)7-8)14-19-15(18-4)13-9(2)10(3)21-16(13)20-14/h5-7H,1-4H3,(H,18,19,20). The molecule has 0 atom stereocenters. The van der Waals surface area contributed by atoms with Gasteiger partial charge in [0.05, 0.1) is 10.9 Å². The van der Waals surface area contributed by atoms with Gasteiger partial charge in [0.2, 0.25) is 0 Å². The molecule has 0 saturated heterocycles. The van der Waals surface area contributed by atoms with Crippen molar-refractivity contribution < 1.29 is 4.39 Å². The molecule has 0 bridgehead atoms. The molecule has 0 fully saturated rings. The van der Waals surface area contributed by atoms with Gasteiger partial charge in [0.15, 0.2) is 5.82 Å². The number of anilines is 1. The first-order valence-electron chi connectivity index (χ1n) is 6.73. The van der Waals surface area contributed by atoms with Crippen LogP contribution in [0, 0.1) is 26.6 Å². The third-order valence-electron chi connectivity index (χ3n) is 3.63. The van der Waals surface area contributed by atoms with E-state index in [0.717, 1.165) is 21.6 Å². The van der Waals surface area contributed by atoms with Crippen molar-refractivity contribution in [1.29, 1.82) is 0 Å². The molecule has 0 amide bonds. The fourth-order valence-electron chi connectivity index (χ4n) is 2.35. The smallest absolute Gasteiger partial charge is 0.166 e. The van der Waals surface area contributed by atoms with Gasteiger partial charge in [0, 0.05) is 11.9 Å². The van der Waals surface area contributed by atoms with Crippen LogP contribution in [0.2, 0.25) is 0 Å². The Labute approximate surface area is 126 Å². The number of benzene rings is 1. The lowest BCUT2D eigenvalue weighted by molar-refractivity contribution is 0.629. The highest BCUT2D eigenvalue weighted by molar-refractivity contribution is 7.18. The molecule has 0 aliphatic heterocycles. The molecule has 0 aliphatic carbocycles. The third-order valence-corrected chi connectivity index (χ3v) is 4.73. The zero-order valence-electron chi connectivity index (χ0n) is 12.4. The second kappa shape index (κ2) is 5.07. The van der Waals surface area contributed by atoms with E-state index in [1.165, 1.54) is 16.5 Å². The number of hydrogen-bond donors (Lipinski definition) is 1. The predicted molar refractivity (Wildman–Crippen MR) is 86.6 cm³/mol. The van der Waals surface area contributed by atoms with E-state index in [2.05, 4.69) is 29.1 Å². The Hall–Kier alpha value is -2.01. The summed E-state index contributed by atoms with van der Waals surface area (Å²) < 4.78 is 14.2. The van der Waals surface area contributed by atoms with Crippen molar-refractivity contribution in [3.8, 4) is 11.4 Å². The number of nitrogens with zero attached hydrogens (tertiary/aromatic N) is 2. The zero-order valence-corrected chi connectivity index (χ0v) is 13.2. The van der Waals surface area contributed by atoms with E-state index in [0.29, 0.717) is 11.4 Å². The van der Waals surface area contributed by atoms with Crippen LogP contribution < -0.4 is 5.32 Å². The summed E-state index contributed by atoms with van der Waals surface area (Å²) in [5, 5.41) is 4.12. The number of nitrogens with one attached hydrogen (secondary N) is 1. The van der Waals surface area contributed by atoms with Gasteiger partial charge < -0.3 is 5.32 Å². The minimum absolute atomic E-state index is 0.290. The second-order valence-corrected chi connectivity index (χ2v) is 6.30. The number of aryl methyl sites for hydroxylation is 3. The van der Waals surface area contributed by atoms with Crippen LogP contribution in [0.5, 0.6) is 0 Å². The topological polar surface area (TPSA) is 37.8 Å². The number of halogens is 1. The van der Waals surface area contributed by atoms with Crippen molar-refractivity contribution >= 4 is 27.4 Å². The van der Waals surface area contributed by atoms with Gasteiger partial charge in [0.25, 0.3) is 0 Å². The number of fused-ring (bicyclic) bond motifs is 1. The molecule has 0 spiro atoms. The van der Waals surface area contributed by atoms with Crippen molar-refractivity contribution in [1.82, 2.24) is 9.97 Å². The maximum absolute atomic E-state index is 14.2. The van der Waals surface area contributed by atoms with E-state index in [1.54, 1.807) is 17.4 Å². The summed E-state index contributed by atoms with van der Waals surface area (Å²) in [6, 6.07) is 5.11. The summed E-state index contributed by atoms with van der Waals surface area (Å²) in [5.41, 5.74) is 2.49. The minimum Gasteiger partial charge on any atom is -0.372 e. The molecule has 0 aliphatic rings. The molecule has 0 saturated carbocycles. The maximum atomic E-state index is 14.2. The molecule has 0 radical (unpaired) electrons. The molecule has 1 aromatic carbocycles. The van der Waals surface area contributed by atoms with Gasteiger partial charge >= 0.3 is 0 Å². The first-order valence-corrected chi connectivity index (χ1v) is 7.55. The summed E-state index contributed by atoms with van der Waals surface area (Å²) in [6.45, 7) is 5.99. The molecule has 3 aromatic rings. The van der Waals surface area contributed by atoms with Crippen molar-refractivity contribution in [3.63, 3.8) is 0 Å². The summed E-state index contributed by atoms with van der Waals surface area (Å²) in [5.74, 6) is 0.879. The molecule has 2 heterocycles. The van der Waals surface area contributed by atoms with Crippen LogP contribution in [0.4, 0.5) is 10.2 Å². The average Bonchev–Trinajstić information content (AvgIpc) is 2.73. The normalized spacial score (nSPS) is 11.1. The fourth-order valence-corrected chi connectivity index (χ4v) is 3.38. The van der Waals surface area contributed by atoms with Crippen LogP contribution in [-0.4, -0.2) is 17.0 Å². The van der Waals surface area contributed by atoms with Crippen molar-refractivity contribution in [2.24, 2.45) is 0 Å². The van der Waals surface area contributed by atoms with E-state index >= 15 is 0 Å². The lowest BCUT2D eigenvalue weighted by Gasteiger charge is -2.07. The molecule has 21 heavy (non-hydrogen) atoms. The zero-order chi connectivity index (χ0) is 15.1. The number of hydrogen-bond acceptors (Lipinski definition) is 4. The van der Waals surface area contributed by atoms with Crippen LogP contribution in [-0.2, 0) is 0 Å². The van der Waals surface area contributed by atoms with Gasteiger partial charge in [-0.1, -0.05) is 6.07 Å². The van der Waals surface area contributed by atoms with E-state index in [9.17, 15) is 4.39 Å². The van der Waals surface area contributed by atoms with E-state index in [4.69, 9.17) is 0 Å². The van der Waals surface area contributed by atoms with Crippen molar-refractivity contribution in [3.05, 3.63) is 40.0 Å². The Morgan fingerprint density at radius 2 is 1.90 bits per heavy atom. The van der Waals surface area contributed by atoms with Crippen LogP contribution in [0.25, 0.3) is 21.6 Å². The monoisotopic (exact) mass is 301 g/mol. The highest BCUT2D eigenvalue weighted by Crippen LogP contribution is 2.35. The van der Waals surface area contributed by atoms with Gasteiger partial charge in [0.1, 0.15) is 16.5 Å². The Morgan fingerprint density at radius 3 is 2.57 bits per heavy atom. The average molecular weight is 301 g/mol. The minimum atomic E-state index is -0.290. The second-order valence-electron chi connectivity index (χ2n) is 5.09. The number of rotatable bonds is 2. The summed E-state index contributed by atoms with van der Waals surface area (Å²) in [6.07, 6.45) is 0. The lowest BCUT2D eigenvalue weighted by Crippen LogP contribution is -1.99. The first kappa shape index (κ1) is 13.9. The Bertz CT molecular complexity index is 839. The van der Waals surface area contributed by atoms with Crippen LogP contribution in [0.3, 0.4) is 0 Å². The van der Waals surface area contributed by atoms with E-state index in [-0.39, 0.29) is 5.82 Å². The summed E-state index contributed by atoms with van der Waals surface area (Å²) in [4.78, 5) is 11.1. The molecule has 5 heteroatoms. The highest BCUT2D eigenvalue weighted by atomic mass is 32.1. The number of thiophene rings is 1. The Morgan fingerprint density at radius 1 is 1.14 bits per heavy atom. The molecule has 3 nitrogen and oxygen atoms in total. The van der Waals surface area contributed by atoms with E-state index < -0.39 is 0 Å². The first-order chi connectivity index (χ1) is 10.0. The van der Waals surface area contributed by atoms with Crippen LogP contribution >= 0.6 is 11.3 Å². The van der Waals surface area contributed by atoms with Gasteiger partial charge in [-0.3, -0.25) is 0 Å². The molecule has 1 N–H and O–H groups in total. The van der Waals surface area contributed by atoms with Crippen LogP contribution in [0.1, 0.15) is 16.0 Å². The molecule has 108 valence electrons. The SMILES string of the molecule is CNc1nc(-c2ccc(C)cc2F)nc2sc(C)c(C)c12. The third kappa shape index (κ3) is 2.27. The van der Waals surface area contributed by atoms with Crippen LogP contribution in [0.15, 0.2) is 18.2 Å². The Balaban J connectivity index is 2.29. The lowest BCUT2D eigenvalue weighted by atomic mass is 10.1. The molecule has 3 rings (SSSR count). The quantitative estimate of drug-likeness (QED) is 0.759.